The summed E-state index contributed by atoms with van der Waals surface area (Å²) in [5.74, 6) is -6.45. The third-order valence-corrected chi connectivity index (χ3v) is 12.7. The van der Waals surface area contributed by atoms with Crippen LogP contribution in [0.1, 0.15) is 77.6 Å². The minimum atomic E-state index is -1.65. The summed E-state index contributed by atoms with van der Waals surface area (Å²) >= 11 is 2.32. The van der Waals surface area contributed by atoms with Crippen molar-refractivity contribution < 1.29 is 57.2 Å². The minimum Gasteiger partial charge on any atom is -0.435 e. The number of hydrogen-bond acceptors (Lipinski definition) is 22. The molecule has 4 aromatic rings. The van der Waals surface area contributed by atoms with Crippen molar-refractivity contribution in [1.82, 2.24) is 51.0 Å². The predicted octanol–water partition coefficient (Wildman–Crippen LogP) is 3.50. The zero-order valence-corrected chi connectivity index (χ0v) is 40.9. The van der Waals surface area contributed by atoms with Crippen molar-refractivity contribution in [3.8, 4) is 23.0 Å². The van der Waals surface area contributed by atoms with Crippen LogP contribution in [-0.4, -0.2) is 101 Å². The minimum absolute atomic E-state index is 0.0168. The molecular formula is C44H54N10O12S2. The maximum atomic E-state index is 14.1. The molecule has 2 aliphatic rings. The molecule has 2 aromatic heterocycles. The smallest absolute Gasteiger partial charge is 0.333 e. The lowest BCUT2D eigenvalue weighted by Crippen LogP contribution is -2.52. The molecule has 6 rings (SSSR count). The van der Waals surface area contributed by atoms with Crippen LogP contribution in [0.3, 0.4) is 0 Å². The molecule has 24 heteroatoms. The fourth-order valence-electron chi connectivity index (χ4n) is 6.65. The lowest BCUT2D eigenvalue weighted by atomic mass is 9.91. The number of ether oxygens (including phenoxy) is 6. The van der Waals surface area contributed by atoms with Crippen LogP contribution < -0.4 is 29.6 Å². The first kappa shape index (κ1) is 51.2. The third kappa shape index (κ3) is 12.1. The number of rotatable bonds is 18. The summed E-state index contributed by atoms with van der Waals surface area (Å²) in [5, 5.41) is 30.7. The number of aryl methyl sites for hydroxylation is 2. The molecule has 0 fully saturated rings. The fraction of sp³-hybridized carbons (Fsp3) is 0.500. The molecule has 2 N–H and O–H groups in total. The Morgan fingerprint density at radius 2 is 0.897 bits per heavy atom. The van der Waals surface area contributed by atoms with Crippen molar-refractivity contribution >= 4 is 59.3 Å². The monoisotopic (exact) mass is 978 g/mol. The summed E-state index contributed by atoms with van der Waals surface area (Å²) in [4.78, 5) is 79.7. The highest BCUT2D eigenvalue weighted by Crippen LogP contribution is 2.43. The second kappa shape index (κ2) is 21.8. The lowest BCUT2D eigenvalue weighted by molar-refractivity contribution is -0.159. The van der Waals surface area contributed by atoms with E-state index in [1.807, 2.05) is 0 Å². The van der Waals surface area contributed by atoms with Crippen LogP contribution in [0.2, 0.25) is 0 Å². The van der Waals surface area contributed by atoms with Crippen LogP contribution in [0.5, 0.6) is 23.0 Å². The van der Waals surface area contributed by atoms with Crippen molar-refractivity contribution in [2.75, 3.05) is 24.6 Å². The summed E-state index contributed by atoms with van der Waals surface area (Å²) in [6.45, 7) is 13.9. The number of nitrogens with zero attached hydrogens (tertiary/aromatic N) is 8. The Morgan fingerprint density at radius 3 is 1.19 bits per heavy atom. The van der Waals surface area contributed by atoms with Crippen LogP contribution in [-0.2, 0) is 76.6 Å². The molecular weight excluding hydrogens is 925 g/mol. The standard InChI is InChI=1S/C44H54N10O12S2/c1-23(2)37(57)61-31-17-27-13-15-45-43(21-67-41-47-49-51-53(41)9,29(27)19-33(31)63-39(59)25(5)6)65-35(55)11-12-36(56)66-44(22-68-42-48-50-52-54(42)10)30-20-34(64-40(60)26(7)8)32(62-38(58)24(3)4)18-28(30)14-16-46-44/h11-12,17-20,23-26,45-46H,13-16,21-22H2,1-10H3/b12-11+. The van der Waals surface area contributed by atoms with Gasteiger partial charge in [-0.2, -0.15) is 0 Å². The van der Waals surface area contributed by atoms with E-state index in [1.54, 1.807) is 81.6 Å². The summed E-state index contributed by atoms with van der Waals surface area (Å²) < 4.78 is 38.3. The van der Waals surface area contributed by atoms with Crippen LogP contribution >= 0.6 is 23.5 Å². The van der Waals surface area contributed by atoms with Gasteiger partial charge in [-0.1, -0.05) is 78.9 Å². The van der Waals surface area contributed by atoms with E-state index in [0.29, 0.717) is 45.4 Å². The molecule has 22 nitrogen and oxygen atoms in total. The van der Waals surface area contributed by atoms with Crippen LogP contribution in [0.4, 0.5) is 0 Å². The van der Waals surface area contributed by atoms with E-state index in [9.17, 15) is 28.8 Å². The lowest BCUT2D eigenvalue weighted by Gasteiger charge is -2.39. The normalized spacial score (nSPS) is 17.8. The Hall–Kier alpha value is -6.24. The van der Waals surface area contributed by atoms with Crippen molar-refractivity contribution in [1.29, 1.82) is 0 Å². The van der Waals surface area contributed by atoms with Crippen LogP contribution in [0.25, 0.3) is 0 Å². The molecule has 0 saturated carbocycles. The second-order valence-electron chi connectivity index (χ2n) is 17.1. The van der Waals surface area contributed by atoms with Gasteiger partial charge in [0.05, 0.1) is 35.2 Å². The van der Waals surface area contributed by atoms with Crippen molar-refractivity contribution in [3.63, 3.8) is 0 Å². The molecule has 2 unspecified atom stereocenters. The number of carbonyl (C=O) groups is 6. The number of nitrogens with one attached hydrogen (secondary N) is 2. The van der Waals surface area contributed by atoms with Crippen LogP contribution in [0, 0.1) is 23.7 Å². The van der Waals surface area contributed by atoms with Gasteiger partial charge in [0, 0.05) is 50.5 Å². The molecule has 4 heterocycles. The average molecular weight is 979 g/mol. The molecule has 0 aliphatic carbocycles. The average Bonchev–Trinajstić information content (AvgIpc) is 3.90. The van der Waals surface area contributed by atoms with E-state index in [2.05, 4.69) is 41.7 Å². The Morgan fingerprint density at radius 1 is 0.574 bits per heavy atom. The highest BCUT2D eigenvalue weighted by molar-refractivity contribution is 7.99. The van der Waals surface area contributed by atoms with Gasteiger partial charge < -0.3 is 28.4 Å². The zero-order chi connectivity index (χ0) is 49.5. The SMILES string of the molecule is CC(C)C(=O)Oc1cc2c(cc1OC(=O)C(C)C)C(CSc1nnnn1C)(OC(=O)/C=C/C(=O)OC1(CSc3nnnn3C)NCCc3cc(OC(=O)C(C)C)c(OC(=O)C(C)C)cc31)NCC2. The first-order valence-corrected chi connectivity index (χ1v) is 23.7. The van der Waals surface area contributed by atoms with Gasteiger partial charge in [0.25, 0.3) is 0 Å². The molecule has 0 spiro atoms. The third-order valence-electron chi connectivity index (χ3n) is 10.4. The van der Waals surface area contributed by atoms with E-state index in [4.69, 9.17) is 28.4 Å². The molecule has 68 heavy (non-hydrogen) atoms. The van der Waals surface area contributed by atoms with Gasteiger partial charge in [-0.3, -0.25) is 29.8 Å². The molecule has 2 aromatic carbocycles. The van der Waals surface area contributed by atoms with E-state index in [0.717, 1.165) is 35.7 Å². The molecule has 0 bridgehead atoms. The van der Waals surface area contributed by atoms with Crippen LogP contribution in [0.15, 0.2) is 46.7 Å². The summed E-state index contributed by atoms with van der Waals surface area (Å²) in [7, 11) is 3.29. The first-order valence-electron chi connectivity index (χ1n) is 21.8. The number of carbonyl (C=O) groups excluding carboxylic acids is 6. The molecule has 0 saturated heterocycles. The number of aromatic nitrogens is 8. The van der Waals surface area contributed by atoms with Crippen molar-refractivity contribution in [2.45, 2.75) is 90.0 Å². The number of hydrogen-bond donors (Lipinski definition) is 2. The number of tetrazole rings is 2. The Balaban J connectivity index is 1.36. The van der Waals surface area contributed by atoms with Gasteiger partial charge in [-0.25, -0.2) is 19.0 Å². The van der Waals surface area contributed by atoms with Gasteiger partial charge in [0.1, 0.15) is 0 Å². The first-order chi connectivity index (χ1) is 32.2. The van der Waals surface area contributed by atoms with Gasteiger partial charge in [-0.05, 0) is 69.1 Å². The predicted molar refractivity (Wildman–Crippen MR) is 242 cm³/mol. The topological polar surface area (TPSA) is 269 Å². The number of fused-ring (bicyclic) bond motifs is 2. The summed E-state index contributed by atoms with van der Waals surface area (Å²) in [6.07, 6.45) is 2.62. The summed E-state index contributed by atoms with van der Waals surface area (Å²) in [6, 6.07) is 6.15. The fourth-order valence-corrected chi connectivity index (χ4v) is 8.58. The number of benzene rings is 2. The number of thioether (sulfide) groups is 2. The van der Waals surface area contributed by atoms with Gasteiger partial charge >= 0.3 is 35.8 Å². The Kier molecular flexibility index (Phi) is 16.4. The largest absolute Gasteiger partial charge is 0.435 e. The quantitative estimate of drug-likeness (QED) is 0.0625. The molecule has 0 radical (unpaired) electrons. The molecule has 2 aliphatic heterocycles. The number of esters is 6. The zero-order valence-electron chi connectivity index (χ0n) is 39.3. The van der Waals surface area contributed by atoms with Crippen molar-refractivity contribution in [2.24, 2.45) is 37.8 Å². The molecule has 0 amide bonds. The van der Waals surface area contributed by atoms with Gasteiger partial charge in [0.2, 0.25) is 21.8 Å². The molecule has 364 valence electrons. The highest BCUT2D eigenvalue weighted by Gasteiger charge is 2.44. The maximum Gasteiger partial charge on any atom is 0.333 e. The molecule has 2 atom stereocenters. The van der Waals surface area contributed by atoms with E-state index < -0.39 is 70.9 Å². The van der Waals surface area contributed by atoms with Gasteiger partial charge in [0.15, 0.2) is 23.0 Å². The van der Waals surface area contributed by atoms with Crippen molar-refractivity contribution in [3.05, 3.63) is 58.7 Å². The maximum absolute atomic E-state index is 14.1. The van der Waals surface area contributed by atoms with E-state index in [1.165, 1.54) is 21.5 Å². The van der Waals surface area contributed by atoms with E-state index >= 15 is 0 Å². The second-order valence-corrected chi connectivity index (χ2v) is 19.0. The van der Waals surface area contributed by atoms with E-state index in [-0.39, 0.29) is 47.6 Å². The van der Waals surface area contributed by atoms with Gasteiger partial charge in [-0.15, -0.1) is 10.2 Å². The Bertz CT molecular complexity index is 2420. The Labute approximate surface area is 400 Å². The summed E-state index contributed by atoms with van der Waals surface area (Å²) in [5.41, 5.74) is -1.30. The highest BCUT2D eigenvalue weighted by atomic mass is 32.2.